The Hall–Kier alpha value is -3.20. The molecular formula is C19H16FNO4. The Morgan fingerprint density at radius 3 is 2.52 bits per heavy atom. The van der Waals surface area contributed by atoms with Gasteiger partial charge in [0.05, 0.1) is 12.2 Å². The number of para-hydroxylation sites is 1. The molecule has 5 nitrogen and oxygen atoms in total. The second kappa shape index (κ2) is 9.18. The third-order valence-corrected chi connectivity index (χ3v) is 3.33. The minimum atomic E-state index is -0.582. The maximum Gasteiger partial charge on any atom is 0.344 e. The van der Waals surface area contributed by atoms with Crippen LogP contribution in [0.4, 0.5) is 4.39 Å². The number of carbonyl (C=O) groups excluding carboxylic acids is 2. The summed E-state index contributed by atoms with van der Waals surface area (Å²) in [5.41, 5.74) is 0.754. The summed E-state index contributed by atoms with van der Waals surface area (Å²) >= 11 is 0. The van der Waals surface area contributed by atoms with Gasteiger partial charge in [-0.05, 0) is 42.8 Å². The molecule has 0 heterocycles. The van der Waals surface area contributed by atoms with Crippen molar-refractivity contribution in [3.05, 3.63) is 65.5 Å². The molecule has 0 saturated carbocycles. The summed E-state index contributed by atoms with van der Waals surface area (Å²) in [4.78, 5) is 23.5. The summed E-state index contributed by atoms with van der Waals surface area (Å²) in [6.45, 7) is -0.236. The summed E-state index contributed by atoms with van der Waals surface area (Å²) in [6, 6.07) is 13.8. The van der Waals surface area contributed by atoms with Crippen LogP contribution in [0.2, 0.25) is 0 Å². The first kappa shape index (κ1) is 18.1. The number of nitrogens with zero attached hydrogens (tertiary/aromatic N) is 1. The predicted octanol–water partition coefficient (Wildman–Crippen LogP) is 3.28. The molecule has 0 aromatic heterocycles. The van der Waals surface area contributed by atoms with Crippen molar-refractivity contribution < 1.29 is 23.5 Å². The Balaban J connectivity index is 1.68. The standard InChI is InChI=1S/C19H16FNO4/c20-16-9-7-14(8-10-16)17(22)5-3-11-24-19(23)13-25-18-6-2-1-4-15(18)12-21/h1-2,4,6-10H,3,5,11,13H2. The first-order chi connectivity index (χ1) is 12.1. The lowest BCUT2D eigenvalue weighted by Gasteiger charge is -2.08. The molecule has 0 unspecified atom stereocenters. The Bertz CT molecular complexity index is 781. The Morgan fingerprint density at radius 1 is 1.08 bits per heavy atom. The van der Waals surface area contributed by atoms with Crippen molar-refractivity contribution in [2.45, 2.75) is 12.8 Å². The van der Waals surface area contributed by atoms with E-state index in [0.29, 0.717) is 23.3 Å². The van der Waals surface area contributed by atoms with Crippen LogP contribution < -0.4 is 4.74 Å². The maximum atomic E-state index is 12.8. The van der Waals surface area contributed by atoms with Crippen LogP contribution in [0, 0.1) is 17.1 Å². The molecule has 2 aromatic rings. The zero-order valence-corrected chi connectivity index (χ0v) is 13.4. The molecule has 0 aliphatic carbocycles. The van der Waals surface area contributed by atoms with Crippen LogP contribution in [0.1, 0.15) is 28.8 Å². The molecule has 0 N–H and O–H groups in total. The van der Waals surface area contributed by atoms with Crippen molar-refractivity contribution in [1.82, 2.24) is 0 Å². The smallest absolute Gasteiger partial charge is 0.344 e. The normalized spacial score (nSPS) is 9.92. The molecule has 0 radical (unpaired) electrons. The quantitative estimate of drug-likeness (QED) is 0.418. The summed E-state index contributed by atoms with van der Waals surface area (Å²) in [6.07, 6.45) is 0.549. The molecule has 128 valence electrons. The van der Waals surface area contributed by atoms with Crippen LogP contribution in [0.5, 0.6) is 5.75 Å². The van der Waals surface area contributed by atoms with E-state index in [1.54, 1.807) is 24.3 Å². The fourth-order valence-corrected chi connectivity index (χ4v) is 2.06. The summed E-state index contributed by atoms with van der Waals surface area (Å²) in [5.74, 6) is -0.811. The fourth-order valence-electron chi connectivity index (χ4n) is 2.06. The highest BCUT2D eigenvalue weighted by atomic mass is 19.1. The minimum absolute atomic E-state index is 0.0784. The summed E-state index contributed by atoms with van der Waals surface area (Å²) < 4.78 is 23.0. The first-order valence-corrected chi connectivity index (χ1v) is 7.66. The van der Waals surface area contributed by atoms with Crippen LogP contribution in [0.15, 0.2) is 48.5 Å². The van der Waals surface area contributed by atoms with Crippen molar-refractivity contribution in [1.29, 1.82) is 5.26 Å². The van der Waals surface area contributed by atoms with Crippen molar-refractivity contribution in [2.24, 2.45) is 0 Å². The van der Waals surface area contributed by atoms with Gasteiger partial charge in [-0.3, -0.25) is 4.79 Å². The van der Waals surface area contributed by atoms with E-state index < -0.39 is 11.8 Å². The van der Waals surface area contributed by atoms with Gasteiger partial charge in [-0.25, -0.2) is 9.18 Å². The lowest BCUT2D eigenvalue weighted by molar-refractivity contribution is -0.146. The van der Waals surface area contributed by atoms with E-state index in [1.165, 1.54) is 24.3 Å². The fraction of sp³-hybridized carbons (Fsp3) is 0.211. The molecular weight excluding hydrogens is 325 g/mol. The number of esters is 1. The SMILES string of the molecule is N#Cc1ccccc1OCC(=O)OCCCC(=O)c1ccc(F)cc1. The molecule has 2 aromatic carbocycles. The maximum absolute atomic E-state index is 12.8. The number of hydrogen-bond acceptors (Lipinski definition) is 5. The molecule has 25 heavy (non-hydrogen) atoms. The third-order valence-electron chi connectivity index (χ3n) is 3.33. The number of benzene rings is 2. The Labute approximate surface area is 144 Å². The van der Waals surface area contributed by atoms with Crippen molar-refractivity contribution in [3.8, 4) is 11.8 Å². The van der Waals surface area contributed by atoms with E-state index >= 15 is 0 Å². The number of ketones is 1. The van der Waals surface area contributed by atoms with Crippen molar-refractivity contribution >= 4 is 11.8 Å². The number of rotatable bonds is 8. The highest BCUT2D eigenvalue weighted by Gasteiger charge is 2.09. The van der Waals surface area contributed by atoms with Gasteiger partial charge < -0.3 is 9.47 Å². The van der Waals surface area contributed by atoms with E-state index in [-0.39, 0.29) is 25.4 Å². The number of Topliss-reactive ketones (excluding diaryl/α,β-unsaturated/α-hetero) is 1. The molecule has 2 rings (SSSR count). The molecule has 0 saturated heterocycles. The van der Waals surface area contributed by atoms with Crippen molar-refractivity contribution in [2.75, 3.05) is 13.2 Å². The van der Waals surface area contributed by atoms with Gasteiger partial charge in [-0.1, -0.05) is 12.1 Å². The van der Waals surface area contributed by atoms with Gasteiger partial charge in [-0.2, -0.15) is 5.26 Å². The number of ether oxygens (including phenoxy) is 2. The molecule has 0 aliphatic rings. The van der Waals surface area contributed by atoms with Gasteiger partial charge in [0.1, 0.15) is 17.6 Å². The zero-order chi connectivity index (χ0) is 18.1. The molecule has 0 amide bonds. The number of hydrogen-bond donors (Lipinski definition) is 0. The molecule has 6 heteroatoms. The zero-order valence-electron chi connectivity index (χ0n) is 13.4. The average molecular weight is 341 g/mol. The van der Waals surface area contributed by atoms with E-state index in [9.17, 15) is 14.0 Å². The topological polar surface area (TPSA) is 76.4 Å². The van der Waals surface area contributed by atoms with Crippen LogP contribution in [-0.2, 0) is 9.53 Å². The molecule has 0 aliphatic heterocycles. The summed E-state index contributed by atoms with van der Waals surface area (Å²) in [5, 5.41) is 8.92. The Kier molecular flexibility index (Phi) is 6.66. The lowest BCUT2D eigenvalue weighted by atomic mass is 10.1. The van der Waals surface area contributed by atoms with Crippen LogP contribution >= 0.6 is 0 Å². The summed E-state index contributed by atoms with van der Waals surface area (Å²) in [7, 11) is 0. The monoisotopic (exact) mass is 341 g/mol. The van der Waals surface area contributed by atoms with Crippen LogP contribution in [-0.4, -0.2) is 25.0 Å². The Morgan fingerprint density at radius 2 is 1.80 bits per heavy atom. The molecule has 0 bridgehead atoms. The van der Waals surface area contributed by atoms with Gasteiger partial charge in [0.25, 0.3) is 0 Å². The second-order valence-corrected chi connectivity index (χ2v) is 5.15. The molecule has 0 spiro atoms. The molecule has 0 atom stereocenters. The van der Waals surface area contributed by atoms with Gasteiger partial charge in [0.15, 0.2) is 12.4 Å². The number of nitriles is 1. The van der Waals surface area contributed by atoms with Crippen molar-refractivity contribution in [3.63, 3.8) is 0 Å². The largest absolute Gasteiger partial charge is 0.481 e. The third kappa shape index (κ3) is 5.74. The van der Waals surface area contributed by atoms with Gasteiger partial charge in [-0.15, -0.1) is 0 Å². The van der Waals surface area contributed by atoms with Gasteiger partial charge in [0, 0.05) is 12.0 Å². The van der Waals surface area contributed by atoms with E-state index in [2.05, 4.69) is 0 Å². The highest BCUT2D eigenvalue weighted by Crippen LogP contribution is 2.16. The average Bonchev–Trinajstić information content (AvgIpc) is 2.64. The predicted molar refractivity (Wildman–Crippen MR) is 87.6 cm³/mol. The second-order valence-electron chi connectivity index (χ2n) is 5.15. The lowest BCUT2D eigenvalue weighted by Crippen LogP contribution is -2.16. The highest BCUT2D eigenvalue weighted by molar-refractivity contribution is 5.95. The van der Waals surface area contributed by atoms with E-state index in [0.717, 1.165) is 0 Å². The number of halogens is 1. The van der Waals surface area contributed by atoms with E-state index in [1.807, 2.05) is 6.07 Å². The minimum Gasteiger partial charge on any atom is -0.481 e. The van der Waals surface area contributed by atoms with Gasteiger partial charge >= 0.3 is 5.97 Å². The van der Waals surface area contributed by atoms with Crippen LogP contribution in [0.3, 0.4) is 0 Å². The van der Waals surface area contributed by atoms with Gasteiger partial charge in [0.2, 0.25) is 0 Å². The number of carbonyl (C=O) groups is 2. The molecule has 0 fully saturated rings. The van der Waals surface area contributed by atoms with E-state index in [4.69, 9.17) is 14.7 Å². The first-order valence-electron chi connectivity index (χ1n) is 7.66. The van der Waals surface area contributed by atoms with Crippen LogP contribution in [0.25, 0.3) is 0 Å².